The molecule has 0 radical (unpaired) electrons. The van der Waals surface area contributed by atoms with Gasteiger partial charge in [0.05, 0.1) is 6.61 Å². The zero-order valence-electron chi connectivity index (χ0n) is 17.2. The summed E-state index contributed by atoms with van der Waals surface area (Å²) >= 11 is 0. The number of hydrogen-bond acceptors (Lipinski definition) is 3. The van der Waals surface area contributed by atoms with Gasteiger partial charge in [0, 0.05) is 33.1 Å². The van der Waals surface area contributed by atoms with Crippen LogP contribution in [-0.2, 0) is 11.2 Å². The predicted octanol–water partition coefficient (Wildman–Crippen LogP) is 3.19. The molecule has 1 atom stereocenters. The molecule has 0 saturated carbocycles. The maximum atomic E-state index is 11.2. The second-order valence-corrected chi connectivity index (χ2v) is 7.19. The zero-order valence-corrected chi connectivity index (χ0v) is 19.5. The number of aliphatic imine (C=N–C) groups is 1. The highest BCUT2D eigenvalue weighted by Gasteiger charge is 2.23. The van der Waals surface area contributed by atoms with Gasteiger partial charge in [0.15, 0.2) is 5.96 Å². The van der Waals surface area contributed by atoms with Crippen LogP contribution in [0.25, 0.3) is 0 Å². The zero-order chi connectivity index (χ0) is 19.5. The molecule has 0 spiro atoms. The van der Waals surface area contributed by atoms with Crippen molar-refractivity contribution >= 4 is 35.8 Å². The van der Waals surface area contributed by atoms with Gasteiger partial charge >= 0.3 is 0 Å². The van der Waals surface area contributed by atoms with Gasteiger partial charge in [-0.05, 0) is 49.3 Å². The highest BCUT2D eigenvalue weighted by atomic mass is 127. The number of nitrogens with zero attached hydrogens (tertiary/aromatic N) is 2. The molecular formula is C21H35IN4O2. The second-order valence-electron chi connectivity index (χ2n) is 7.19. The molecule has 1 aliphatic rings. The number of ether oxygens (including phenoxy) is 1. The van der Waals surface area contributed by atoms with Crippen LogP contribution in [0.1, 0.15) is 44.6 Å². The lowest BCUT2D eigenvalue weighted by Crippen LogP contribution is -2.47. The SMILES string of the molecule is CCCCOc1ccc(CCNC(=NC)N2CCCC(CC(N)=O)C2)cc1.I. The number of benzene rings is 1. The van der Waals surface area contributed by atoms with E-state index < -0.39 is 0 Å². The molecule has 1 aromatic rings. The average Bonchev–Trinajstić information content (AvgIpc) is 2.66. The summed E-state index contributed by atoms with van der Waals surface area (Å²) in [6, 6.07) is 8.32. The third-order valence-corrected chi connectivity index (χ3v) is 4.91. The number of nitrogens with two attached hydrogens (primary N) is 1. The second kappa shape index (κ2) is 13.6. The molecule has 1 aromatic carbocycles. The van der Waals surface area contributed by atoms with Gasteiger partial charge in [-0.3, -0.25) is 9.79 Å². The Kier molecular flexibility index (Phi) is 11.9. The van der Waals surface area contributed by atoms with Crippen LogP contribution in [0.2, 0.25) is 0 Å². The summed E-state index contributed by atoms with van der Waals surface area (Å²) in [6.07, 6.45) is 5.74. The first kappa shape index (κ1) is 24.5. The first-order chi connectivity index (χ1) is 13.1. The summed E-state index contributed by atoms with van der Waals surface area (Å²) < 4.78 is 5.70. The molecular weight excluding hydrogens is 467 g/mol. The molecule has 1 heterocycles. The van der Waals surface area contributed by atoms with Crippen LogP contribution in [0.3, 0.4) is 0 Å². The van der Waals surface area contributed by atoms with Crippen molar-refractivity contribution in [1.29, 1.82) is 0 Å². The molecule has 1 aliphatic heterocycles. The number of likely N-dealkylation sites (tertiary alicyclic amines) is 1. The van der Waals surface area contributed by atoms with Gasteiger partial charge in [0.2, 0.25) is 5.91 Å². The number of carbonyl (C=O) groups is 1. The molecule has 3 N–H and O–H groups in total. The number of primary amides is 1. The van der Waals surface area contributed by atoms with Gasteiger partial charge in [0.25, 0.3) is 0 Å². The molecule has 1 fully saturated rings. The van der Waals surface area contributed by atoms with Crippen molar-refractivity contribution in [2.45, 2.75) is 45.4 Å². The van der Waals surface area contributed by atoms with E-state index in [1.165, 1.54) is 5.56 Å². The third-order valence-electron chi connectivity index (χ3n) is 4.91. The van der Waals surface area contributed by atoms with Crippen LogP contribution >= 0.6 is 24.0 Å². The monoisotopic (exact) mass is 502 g/mol. The smallest absolute Gasteiger partial charge is 0.217 e. The molecule has 158 valence electrons. The van der Waals surface area contributed by atoms with E-state index in [4.69, 9.17) is 10.5 Å². The molecule has 2 rings (SSSR count). The Bertz CT molecular complexity index is 607. The Balaban J connectivity index is 0.00000392. The van der Waals surface area contributed by atoms with E-state index in [2.05, 4.69) is 34.3 Å². The number of nitrogens with one attached hydrogen (secondary N) is 1. The number of rotatable bonds is 9. The molecule has 1 unspecified atom stereocenters. The summed E-state index contributed by atoms with van der Waals surface area (Å²) in [5.74, 6) is 1.95. The van der Waals surface area contributed by atoms with Crippen molar-refractivity contribution < 1.29 is 9.53 Å². The quantitative estimate of drug-likeness (QED) is 0.235. The fourth-order valence-electron chi connectivity index (χ4n) is 3.45. The van der Waals surface area contributed by atoms with Crippen LogP contribution in [0.15, 0.2) is 29.3 Å². The van der Waals surface area contributed by atoms with E-state index in [-0.39, 0.29) is 29.9 Å². The number of carbonyl (C=O) groups excluding carboxylic acids is 1. The van der Waals surface area contributed by atoms with Gasteiger partial charge in [-0.2, -0.15) is 0 Å². The van der Waals surface area contributed by atoms with E-state index in [0.717, 1.165) is 70.1 Å². The van der Waals surface area contributed by atoms with Crippen LogP contribution in [-0.4, -0.2) is 50.1 Å². The summed E-state index contributed by atoms with van der Waals surface area (Å²) in [5.41, 5.74) is 6.62. The summed E-state index contributed by atoms with van der Waals surface area (Å²) in [4.78, 5) is 17.8. The lowest BCUT2D eigenvalue weighted by atomic mass is 9.95. The maximum absolute atomic E-state index is 11.2. The van der Waals surface area contributed by atoms with Gasteiger partial charge < -0.3 is 20.7 Å². The molecule has 0 aliphatic carbocycles. The van der Waals surface area contributed by atoms with E-state index in [9.17, 15) is 4.79 Å². The predicted molar refractivity (Wildman–Crippen MR) is 125 cm³/mol. The average molecular weight is 502 g/mol. The maximum Gasteiger partial charge on any atom is 0.217 e. The summed E-state index contributed by atoms with van der Waals surface area (Å²) in [5, 5.41) is 3.45. The highest BCUT2D eigenvalue weighted by molar-refractivity contribution is 14.0. The normalized spacial score (nSPS) is 17.0. The number of guanidine groups is 1. The fourth-order valence-corrected chi connectivity index (χ4v) is 3.45. The number of halogens is 1. The molecule has 0 bridgehead atoms. The van der Waals surface area contributed by atoms with Crippen molar-refractivity contribution in [3.05, 3.63) is 29.8 Å². The largest absolute Gasteiger partial charge is 0.494 e. The Hall–Kier alpha value is -1.51. The number of unbranched alkanes of at least 4 members (excludes halogenated alkanes) is 1. The van der Waals surface area contributed by atoms with Crippen molar-refractivity contribution in [3.8, 4) is 5.75 Å². The fraction of sp³-hybridized carbons (Fsp3) is 0.619. The lowest BCUT2D eigenvalue weighted by molar-refractivity contribution is -0.119. The minimum absolute atomic E-state index is 0. The molecule has 7 heteroatoms. The molecule has 1 saturated heterocycles. The standard InChI is InChI=1S/C21H34N4O2.HI/c1-3-4-14-27-19-9-7-17(8-10-19)11-12-24-21(23-2)25-13-5-6-18(16-25)15-20(22)26;/h7-10,18H,3-6,11-16H2,1-2H3,(H2,22,26)(H,23,24);1H. The number of hydrogen-bond donors (Lipinski definition) is 2. The Morgan fingerprint density at radius 1 is 1.36 bits per heavy atom. The number of piperidine rings is 1. The molecule has 1 amide bonds. The Morgan fingerprint density at radius 2 is 2.11 bits per heavy atom. The van der Waals surface area contributed by atoms with Crippen molar-refractivity contribution in [3.63, 3.8) is 0 Å². The Labute approximate surface area is 186 Å². The van der Waals surface area contributed by atoms with E-state index in [1.54, 1.807) is 0 Å². The summed E-state index contributed by atoms with van der Waals surface area (Å²) in [7, 11) is 1.81. The van der Waals surface area contributed by atoms with Gasteiger partial charge in [-0.1, -0.05) is 25.5 Å². The number of amides is 1. The highest BCUT2D eigenvalue weighted by Crippen LogP contribution is 2.19. The van der Waals surface area contributed by atoms with Crippen LogP contribution in [0.4, 0.5) is 0 Å². The van der Waals surface area contributed by atoms with Crippen LogP contribution < -0.4 is 15.8 Å². The van der Waals surface area contributed by atoms with Crippen molar-refractivity contribution in [1.82, 2.24) is 10.2 Å². The Morgan fingerprint density at radius 3 is 2.75 bits per heavy atom. The van der Waals surface area contributed by atoms with E-state index in [0.29, 0.717) is 12.3 Å². The third kappa shape index (κ3) is 8.67. The molecule has 28 heavy (non-hydrogen) atoms. The van der Waals surface area contributed by atoms with Crippen LogP contribution in [0, 0.1) is 5.92 Å². The van der Waals surface area contributed by atoms with Gasteiger partial charge in [-0.25, -0.2) is 0 Å². The van der Waals surface area contributed by atoms with E-state index >= 15 is 0 Å². The molecule has 0 aromatic heterocycles. The minimum Gasteiger partial charge on any atom is -0.494 e. The van der Waals surface area contributed by atoms with Gasteiger partial charge in [-0.15, -0.1) is 24.0 Å². The topological polar surface area (TPSA) is 79.9 Å². The van der Waals surface area contributed by atoms with E-state index in [1.807, 2.05) is 19.2 Å². The van der Waals surface area contributed by atoms with Gasteiger partial charge in [0.1, 0.15) is 5.75 Å². The first-order valence-corrected chi connectivity index (χ1v) is 10.1. The first-order valence-electron chi connectivity index (χ1n) is 10.1. The summed E-state index contributed by atoms with van der Waals surface area (Å²) in [6.45, 7) is 5.57. The molecule has 6 nitrogen and oxygen atoms in total. The van der Waals surface area contributed by atoms with Crippen molar-refractivity contribution in [2.24, 2.45) is 16.6 Å². The lowest BCUT2D eigenvalue weighted by Gasteiger charge is -2.34. The minimum atomic E-state index is -0.216. The van der Waals surface area contributed by atoms with Crippen LogP contribution in [0.5, 0.6) is 5.75 Å². The van der Waals surface area contributed by atoms with Crippen molar-refractivity contribution in [2.75, 3.05) is 33.3 Å².